The first-order chi connectivity index (χ1) is 17.9. The molecular formula is C25H36N3O8PS. The van der Waals surface area contributed by atoms with Crippen molar-refractivity contribution in [1.29, 1.82) is 0 Å². The number of aliphatic hydroxyl groups excluding tert-OH is 2. The Morgan fingerprint density at radius 2 is 1.92 bits per heavy atom. The molecular weight excluding hydrogens is 533 g/mol. The fourth-order valence-electron chi connectivity index (χ4n) is 3.61. The van der Waals surface area contributed by atoms with E-state index in [1.54, 1.807) is 12.3 Å². The molecule has 5 atom stereocenters. The summed E-state index contributed by atoms with van der Waals surface area (Å²) in [5.74, 6) is -0.326. The van der Waals surface area contributed by atoms with Gasteiger partial charge in [0, 0.05) is 35.7 Å². The third-order valence-corrected chi connectivity index (χ3v) is 8.59. The van der Waals surface area contributed by atoms with Gasteiger partial charge in [-0.2, -0.15) is 0 Å². The molecule has 0 bridgehead atoms. The SMILES string of the molecule is CC(C)(C)C(=O)SCCOP(=O)(NCc1ccccc1)OCC1OC(N2C=CCC(C(N)=O)=C2)C(O)C1O. The number of hydrogen-bond acceptors (Lipinski definition) is 10. The molecule has 1 saturated heterocycles. The van der Waals surface area contributed by atoms with E-state index < -0.39 is 43.6 Å². The van der Waals surface area contributed by atoms with E-state index in [4.69, 9.17) is 19.5 Å². The molecule has 3 rings (SSSR count). The number of benzene rings is 1. The van der Waals surface area contributed by atoms with Gasteiger partial charge in [0.25, 0.3) is 0 Å². The van der Waals surface area contributed by atoms with E-state index in [2.05, 4.69) is 5.09 Å². The van der Waals surface area contributed by atoms with Crippen molar-refractivity contribution in [2.24, 2.45) is 11.1 Å². The average molecular weight is 570 g/mol. The first-order valence-electron chi connectivity index (χ1n) is 12.2. The van der Waals surface area contributed by atoms with Crippen molar-refractivity contribution in [2.75, 3.05) is 19.0 Å². The van der Waals surface area contributed by atoms with Crippen LogP contribution in [0.1, 0.15) is 32.8 Å². The van der Waals surface area contributed by atoms with Crippen LogP contribution < -0.4 is 10.8 Å². The van der Waals surface area contributed by atoms with Crippen molar-refractivity contribution in [3.05, 3.63) is 59.9 Å². The van der Waals surface area contributed by atoms with Crippen LogP contribution in [0.3, 0.4) is 0 Å². The van der Waals surface area contributed by atoms with Crippen LogP contribution in [-0.2, 0) is 34.5 Å². The Labute approximate surface area is 227 Å². The second kappa shape index (κ2) is 13.4. The maximum Gasteiger partial charge on any atom is 0.405 e. The third kappa shape index (κ3) is 8.49. The summed E-state index contributed by atoms with van der Waals surface area (Å²) in [6.07, 6.45) is 0.351. The zero-order valence-electron chi connectivity index (χ0n) is 21.7. The molecule has 1 fully saturated rings. The van der Waals surface area contributed by atoms with Gasteiger partial charge < -0.3 is 25.6 Å². The van der Waals surface area contributed by atoms with Gasteiger partial charge in [-0.15, -0.1) is 0 Å². The van der Waals surface area contributed by atoms with Crippen LogP contribution >= 0.6 is 19.5 Å². The number of rotatable bonds is 12. The number of nitrogens with zero attached hydrogens (tertiary/aromatic N) is 1. The number of primary amides is 1. The fraction of sp³-hybridized carbons (Fsp3) is 0.520. The topological polar surface area (TPSA) is 161 Å². The van der Waals surface area contributed by atoms with Crippen LogP contribution in [0.5, 0.6) is 0 Å². The van der Waals surface area contributed by atoms with E-state index in [0.29, 0.717) is 12.0 Å². The molecule has 2 heterocycles. The summed E-state index contributed by atoms with van der Waals surface area (Å²) >= 11 is 1.08. The van der Waals surface area contributed by atoms with Crippen molar-refractivity contribution in [1.82, 2.24) is 9.99 Å². The van der Waals surface area contributed by atoms with Gasteiger partial charge in [-0.05, 0) is 12.0 Å². The summed E-state index contributed by atoms with van der Waals surface area (Å²) in [5, 5.41) is 23.9. The standard InChI is InChI=1S/C25H36N3O8PS/c1-25(2,3)24(32)38-13-12-34-37(33,27-14-17-8-5-4-6-9-17)35-16-19-20(29)21(30)23(36-19)28-11-7-10-18(15-28)22(26)31/h4-9,11,15,19-21,23,29-30H,10,12-14,16H2,1-3H3,(H2,26,31)(H,27,33). The Balaban J connectivity index is 1.62. The zero-order chi connectivity index (χ0) is 27.9. The van der Waals surface area contributed by atoms with Gasteiger partial charge in [0.1, 0.15) is 18.3 Å². The van der Waals surface area contributed by atoms with E-state index in [-0.39, 0.29) is 30.6 Å². The Bertz CT molecular complexity index is 1080. The number of ether oxygens (including phenoxy) is 1. The second-order valence-corrected chi connectivity index (χ2v) is 12.8. The van der Waals surface area contributed by atoms with Crippen LogP contribution in [0.25, 0.3) is 0 Å². The van der Waals surface area contributed by atoms with E-state index in [1.165, 1.54) is 11.1 Å². The van der Waals surface area contributed by atoms with Gasteiger partial charge in [0.15, 0.2) is 11.3 Å². The monoisotopic (exact) mass is 569 g/mol. The Hall–Kier alpha value is -2.02. The van der Waals surface area contributed by atoms with E-state index in [9.17, 15) is 24.4 Å². The second-order valence-electron chi connectivity index (χ2n) is 9.93. The van der Waals surface area contributed by atoms with E-state index >= 15 is 0 Å². The molecule has 38 heavy (non-hydrogen) atoms. The van der Waals surface area contributed by atoms with Gasteiger partial charge in [-0.25, -0.2) is 9.65 Å². The lowest BCUT2D eigenvalue weighted by atomic mass is 10.00. The van der Waals surface area contributed by atoms with Gasteiger partial charge >= 0.3 is 7.75 Å². The number of thioether (sulfide) groups is 1. The highest BCUT2D eigenvalue weighted by Crippen LogP contribution is 2.45. The number of aliphatic hydroxyl groups is 2. The first kappa shape index (κ1) is 30.5. The minimum atomic E-state index is -3.91. The molecule has 0 aliphatic carbocycles. The van der Waals surface area contributed by atoms with Crippen molar-refractivity contribution in [3.8, 4) is 0 Å². The lowest BCUT2D eigenvalue weighted by Gasteiger charge is -2.28. The molecule has 1 aromatic rings. The third-order valence-electron chi connectivity index (χ3n) is 5.79. The number of allylic oxidation sites excluding steroid dienone is 1. The summed E-state index contributed by atoms with van der Waals surface area (Å²) in [6, 6.07) is 9.24. The molecule has 0 radical (unpaired) electrons. The quantitative estimate of drug-likeness (QED) is 0.216. The minimum Gasteiger partial charge on any atom is -0.387 e. The Kier molecular flexibility index (Phi) is 10.7. The molecule has 5 unspecified atom stereocenters. The summed E-state index contributed by atoms with van der Waals surface area (Å²) in [5.41, 5.74) is 6.01. The minimum absolute atomic E-state index is 0.0168. The molecule has 2 aliphatic heterocycles. The number of hydrogen-bond donors (Lipinski definition) is 4. The number of carbonyl (C=O) groups is 2. The van der Waals surface area contributed by atoms with Crippen molar-refractivity contribution in [2.45, 2.75) is 58.3 Å². The highest BCUT2D eigenvalue weighted by atomic mass is 32.2. The van der Waals surface area contributed by atoms with Crippen LogP contribution in [0.15, 0.2) is 54.4 Å². The normalized spacial score (nSPS) is 25.2. The van der Waals surface area contributed by atoms with Crippen LogP contribution in [0, 0.1) is 5.41 Å². The van der Waals surface area contributed by atoms with Crippen molar-refractivity contribution in [3.63, 3.8) is 0 Å². The number of amides is 1. The summed E-state index contributed by atoms with van der Waals surface area (Å²) in [7, 11) is -3.91. The summed E-state index contributed by atoms with van der Waals surface area (Å²) in [4.78, 5) is 25.2. The maximum absolute atomic E-state index is 13.5. The molecule has 0 spiro atoms. The fourth-order valence-corrected chi connectivity index (χ4v) is 5.82. The molecule has 11 nitrogen and oxygen atoms in total. The van der Waals surface area contributed by atoms with Gasteiger partial charge in [0.05, 0.1) is 13.2 Å². The van der Waals surface area contributed by atoms with Crippen molar-refractivity contribution < 1.29 is 38.2 Å². The predicted molar refractivity (Wildman–Crippen MR) is 143 cm³/mol. The Morgan fingerprint density at radius 1 is 1.21 bits per heavy atom. The van der Waals surface area contributed by atoms with Crippen LogP contribution in [0.4, 0.5) is 0 Å². The molecule has 0 aromatic heterocycles. The van der Waals surface area contributed by atoms with E-state index in [0.717, 1.165) is 17.3 Å². The molecule has 2 aliphatic rings. The van der Waals surface area contributed by atoms with Crippen LogP contribution in [-0.4, -0.2) is 69.6 Å². The largest absolute Gasteiger partial charge is 0.405 e. The van der Waals surface area contributed by atoms with Crippen LogP contribution in [0.2, 0.25) is 0 Å². The number of nitrogens with one attached hydrogen (secondary N) is 1. The lowest BCUT2D eigenvalue weighted by molar-refractivity contribution is -0.117. The average Bonchev–Trinajstić information content (AvgIpc) is 3.17. The zero-order valence-corrected chi connectivity index (χ0v) is 23.4. The maximum atomic E-state index is 13.5. The van der Waals surface area contributed by atoms with Crippen molar-refractivity contribution >= 4 is 30.5 Å². The predicted octanol–water partition coefficient (Wildman–Crippen LogP) is 2.26. The molecule has 1 amide bonds. The molecule has 13 heteroatoms. The highest BCUT2D eigenvalue weighted by molar-refractivity contribution is 8.13. The number of carbonyl (C=O) groups excluding carboxylic acids is 2. The molecule has 1 aromatic carbocycles. The van der Waals surface area contributed by atoms with Gasteiger partial charge in [-0.3, -0.25) is 18.6 Å². The Morgan fingerprint density at radius 3 is 2.58 bits per heavy atom. The summed E-state index contributed by atoms with van der Waals surface area (Å²) in [6.45, 7) is 5.26. The molecule has 5 N–H and O–H groups in total. The molecule has 0 saturated carbocycles. The smallest absolute Gasteiger partial charge is 0.387 e. The molecule has 210 valence electrons. The lowest BCUT2D eigenvalue weighted by Crippen LogP contribution is -2.40. The van der Waals surface area contributed by atoms with E-state index in [1.807, 2.05) is 51.1 Å². The van der Waals surface area contributed by atoms with Gasteiger partial charge in [0.2, 0.25) is 5.91 Å². The van der Waals surface area contributed by atoms with Gasteiger partial charge in [-0.1, -0.05) is 68.9 Å². The summed E-state index contributed by atoms with van der Waals surface area (Å²) < 4.78 is 30.6. The highest BCUT2D eigenvalue weighted by Gasteiger charge is 2.46. The number of nitrogens with two attached hydrogens (primary N) is 1. The first-order valence-corrected chi connectivity index (χ1v) is 14.7.